The Balaban J connectivity index is 1.51. The van der Waals surface area contributed by atoms with Crippen LogP contribution in [-0.4, -0.2) is 48.8 Å². The van der Waals surface area contributed by atoms with Crippen LogP contribution in [0.25, 0.3) is 0 Å². The van der Waals surface area contributed by atoms with Crippen LogP contribution < -0.4 is 4.74 Å². The highest BCUT2D eigenvalue weighted by Gasteiger charge is 2.53. The average Bonchev–Trinajstić information content (AvgIpc) is 3.35. The Morgan fingerprint density at radius 1 is 1.15 bits per heavy atom. The number of nitrogens with zero attached hydrogens (tertiary/aromatic N) is 2. The molecule has 27 heavy (non-hydrogen) atoms. The molecule has 2 saturated heterocycles. The van der Waals surface area contributed by atoms with Crippen LogP contribution in [-0.2, 0) is 16.4 Å². The second-order valence-electron chi connectivity index (χ2n) is 7.57. The maximum atomic E-state index is 13.1. The lowest BCUT2D eigenvalue weighted by molar-refractivity contribution is -0.137. The van der Waals surface area contributed by atoms with E-state index in [0.717, 1.165) is 44.2 Å². The fourth-order valence-electron chi connectivity index (χ4n) is 4.62. The molecule has 4 rings (SSSR count). The van der Waals surface area contributed by atoms with Gasteiger partial charge in [0.15, 0.2) is 0 Å². The molecule has 0 unspecified atom stereocenters. The van der Waals surface area contributed by atoms with Gasteiger partial charge in [0, 0.05) is 19.1 Å². The highest BCUT2D eigenvalue weighted by atomic mass is 32.2. The molecule has 0 N–H and O–H groups in total. The molecule has 3 aliphatic rings. The van der Waals surface area contributed by atoms with Crippen LogP contribution in [0.15, 0.2) is 24.3 Å². The molecule has 1 saturated carbocycles. The minimum Gasteiger partial charge on any atom is -0.492 e. The molecule has 1 aliphatic carbocycles. The van der Waals surface area contributed by atoms with Crippen LogP contribution in [0.5, 0.6) is 5.75 Å². The number of ether oxygens (including phenoxy) is 1. The topological polar surface area (TPSA) is 49.9 Å². The summed E-state index contributed by atoms with van der Waals surface area (Å²) in [4.78, 5) is 0. The van der Waals surface area contributed by atoms with Gasteiger partial charge in [-0.05, 0) is 56.2 Å². The third-order valence-corrected chi connectivity index (χ3v) is 8.04. The van der Waals surface area contributed by atoms with Crippen molar-refractivity contribution >= 4 is 10.2 Å². The number of halogens is 3. The molecule has 0 aromatic heterocycles. The van der Waals surface area contributed by atoms with Crippen molar-refractivity contribution in [2.24, 2.45) is 5.92 Å². The van der Waals surface area contributed by atoms with E-state index in [1.54, 1.807) is 4.31 Å². The maximum absolute atomic E-state index is 13.1. The van der Waals surface area contributed by atoms with Crippen molar-refractivity contribution in [1.29, 1.82) is 0 Å². The molecule has 2 bridgehead atoms. The smallest absolute Gasteiger partial charge is 0.416 e. The zero-order valence-corrected chi connectivity index (χ0v) is 15.7. The summed E-state index contributed by atoms with van der Waals surface area (Å²) < 4.78 is 73.5. The highest BCUT2D eigenvalue weighted by Crippen LogP contribution is 2.45. The second-order valence-corrected chi connectivity index (χ2v) is 9.41. The molecule has 9 heteroatoms. The maximum Gasteiger partial charge on any atom is 0.416 e. The van der Waals surface area contributed by atoms with Gasteiger partial charge in [-0.1, -0.05) is 6.07 Å². The van der Waals surface area contributed by atoms with E-state index in [-0.39, 0.29) is 30.4 Å². The number of alkyl halides is 3. The zero-order chi connectivity index (χ0) is 19.2. The van der Waals surface area contributed by atoms with Gasteiger partial charge in [0.1, 0.15) is 12.4 Å². The lowest BCUT2D eigenvalue weighted by Gasteiger charge is -2.36. The summed E-state index contributed by atoms with van der Waals surface area (Å²) in [7, 11) is -3.55. The summed E-state index contributed by atoms with van der Waals surface area (Å²) in [6, 6.07) is 4.40. The Labute approximate surface area is 157 Å². The Hall–Kier alpha value is -1.32. The number of piperidine rings is 1. The van der Waals surface area contributed by atoms with Crippen LogP contribution in [0, 0.1) is 5.92 Å². The van der Waals surface area contributed by atoms with Gasteiger partial charge < -0.3 is 4.74 Å². The van der Waals surface area contributed by atoms with E-state index in [1.165, 1.54) is 16.4 Å². The molecule has 0 spiro atoms. The average molecular weight is 404 g/mol. The predicted octanol–water partition coefficient (Wildman–Crippen LogP) is 3.28. The van der Waals surface area contributed by atoms with Crippen LogP contribution in [0.2, 0.25) is 0 Å². The van der Waals surface area contributed by atoms with Gasteiger partial charge in [0.2, 0.25) is 0 Å². The molecule has 0 radical (unpaired) electrons. The van der Waals surface area contributed by atoms with Gasteiger partial charge in [0.05, 0.1) is 11.6 Å². The fourth-order valence-corrected chi connectivity index (χ4v) is 6.75. The first-order valence-electron chi connectivity index (χ1n) is 9.35. The van der Waals surface area contributed by atoms with Crippen molar-refractivity contribution in [3.63, 3.8) is 0 Å². The molecule has 2 aliphatic heterocycles. The summed E-state index contributed by atoms with van der Waals surface area (Å²) in [5.74, 6) is 0.323. The monoisotopic (exact) mass is 404 g/mol. The second kappa shape index (κ2) is 6.93. The fraction of sp³-hybridized carbons (Fsp3) is 0.667. The molecule has 1 aromatic rings. The molecular weight excluding hydrogens is 381 g/mol. The van der Waals surface area contributed by atoms with Crippen LogP contribution in [0.1, 0.15) is 37.7 Å². The van der Waals surface area contributed by atoms with Gasteiger partial charge >= 0.3 is 6.18 Å². The Morgan fingerprint density at radius 3 is 2.59 bits per heavy atom. The van der Waals surface area contributed by atoms with Crippen LogP contribution in [0.4, 0.5) is 13.2 Å². The minimum absolute atomic E-state index is 0.0179. The number of hydrogen-bond acceptors (Lipinski definition) is 3. The summed E-state index contributed by atoms with van der Waals surface area (Å²) in [6.45, 7) is 1.16. The van der Waals surface area contributed by atoms with Crippen LogP contribution >= 0.6 is 0 Å². The van der Waals surface area contributed by atoms with E-state index in [0.29, 0.717) is 13.1 Å². The lowest BCUT2D eigenvalue weighted by atomic mass is 10.0. The van der Waals surface area contributed by atoms with E-state index in [9.17, 15) is 21.6 Å². The Bertz CT molecular complexity index is 793. The first-order valence-corrected chi connectivity index (χ1v) is 10.7. The first-order chi connectivity index (χ1) is 12.8. The molecule has 5 nitrogen and oxygen atoms in total. The third-order valence-electron chi connectivity index (χ3n) is 5.92. The van der Waals surface area contributed by atoms with Crippen LogP contribution in [0.3, 0.4) is 0 Å². The molecule has 2 heterocycles. The summed E-state index contributed by atoms with van der Waals surface area (Å²) in [6.07, 6.45) is -0.106. The molecule has 150 valence electrons. The van der Waals surface area contributed by atoms with Gasteiger partial charge in [-0.3, -0.25) is 0 Å². The molecule has 0 amide bonds. The summed E-state index contributed by atoms with van der Waals surface area (Å²) >= 11 is 0. The van der Waals surface area contributed by atoms with Crippen molar-refractivity contribution < 1.29 is 26.3 Å². The van der Waals surface area contributed by atoms with Crippen molar-refractivity contribution in [3.05, 3.63) is 29.8 Å². The van der Waals surface area contributed by atoms with Crippen molar-refractivity contribution in [2.45, 2.75) is 50.4 Å². The summed E-state index contributed by atoms with van der Waals surface area (Å²) in [5.41, 5.74) is -0.769. The number of hydrogen-bond donors (Lipinski definition) is 0. The predicted molar refractivity (Wildman–Crippen MR) is 93.4 cm³/mol. The van der Waals surface area contributed by atoms with Crippen molar-refractivity contribution in [2.75, 3.05) is 19.7 Å². The van der Waals surface area contributed by atoms with E-state index in [2.05, 4.69) is 0 Å². The van der Waals surface area contributed by atoms with E-state index >= 15 is 0 Å². The standard InChI is InChI=1S/C18H23F3N2O3S/c19-18(20,21)14-4-3-5-16(11-14)26-12-17-13-6-7-15(10-13)23(17)27(24,25)22-8-1-2-9-22/h3-5,11,13,15,17H,1-2,6-10,12H2/t13-,15+,17+/m1/s1. The molecule has 3 fully saturated rings. The van der Waals surface area contributed by atoms with Gasteiger partial charge in [-0.2, -0.15) is 30.2 Å². The Morgan fingerprint density at radius 2 is 1.89 bits per heavy atom. The normalized spacial score (nSPS) is 29.5. The van der Waals surface area contributed by atoms with Gasteiger partial charge in [-0.25, -0.2) is 0 Å². The number of rotatable bonds is 5. The van der Waals surface area contributed by atoms with Gasteiger partial charge in [-0.15, -0.1) is 0 Å². The first kappa shape index (κ1) is 19.0. The van der Waals surface area contributed by atoms with Crippen molar-refractivity contribution in [3.8, 4) is 5.75 Å². The highest BCUT2D eigenvalue weighted by molar-refractivity contribution is 7.86. The number of fused-ring (bicyclic) bond motifs is 2. The van der Waals surface area contributed by atoms with Gasteiger partial charge in [0.25, 0.3) is 10.2 Å². The van der Waals surface area contributed by atoms with E-state index < -0.39 is 21.9 Å². The van der Waals surface area contributed by atoms with E-state index in [1.807, 2.05) is 0 Å². The lowest BCUT2D eigenvalue weighted by Crippen LogP contribution is -2.52. The third kappa shape index (κ3) is 3.56. The quantitative estimate of drug-likeness (QED) is 0.757. The zero-order valence-electron chi connectivity index (χ0n) is 14.9. The van der Waals surface area contributed by atoms with E-state index in [4.69, 9.17) is 4.74 Å². The largest absolute Gasteiger partial charge is 0.492 e. The van der Waals surface area contributed by atoms with Crippen molar-refractivity contribution in [1.82, 2.24) is 8.61 Å². The number of benzene rings is 1. The summed E-state index contributed by atoms with van der Waals surface area (Å²) in [5, 5.41) is 0. The SMILES string of the molecule is O=S(=O)(N1CCCC1)N1[C@H]2CC[C@H](C2)[C@@H]1COc1cccc(C(F)(F)F)c1. The molecular formula is C18H23F3N2O3S. The minimum atomic E-state index is -4.43. The molecule has 1 aromatic carbocycles. The molecule has 3 atom stereocenters. The Kier molecular flexibility index (Phi) is 4.88.